The van der Waals surface area contributed by atoms with Crippen LogP contribution in [0.25, 0.3) is 0 Å². The summed E-state index contributed by atoms with van der Waals surface area (Å²) in [6.45, 7) is 2.38. The maximum atomic E-state index is 12.1. The van der Waals surface area contributed by atoms with Gasteiger partial charge in [-0.3, -0.25) is 4.79 Å². The van der Waals surface area contributed by atoms with Gasteiger partial charge >= 0.3 is 0 Å². The van der Waals surface area contributed by atoms with Crippen molar-refractivity contribution in [3.05, 3.63) is 67.1 Å². The first-order chi connectivity index (χ1) is 8.72. The van der Waals surface area contributed by atoms with Crippen LogP contribution in [0.5, 0.6) is 11.5 Å². The fraction of sp³-hybridized carbons (Fsp3) is 0.125. The van der Waals surface area contributed by atoms with Crippen LogP contribution in [0.2, 0.25) is 0 Å². The molecule has 3 nitrogen and oxygen atoms in total. The Morgan fingerprint density at radius 1 is 1.15 bits per heavy atom. The molecule has 20 heavy (non-hydrogen) atoms. The molecule has 0 aliphatic heterocycles. The topological polar surface area (TPSA) is 46.5 Å². The Kier molecular flexibility index (Phi) is 8.35. The summed E-state index contributed by atoms with van der Waals surface area (Å²) in [6, 6.07) is 13.6. The van der Waals surface area contributed by atoms with Crippen LogP contribution < -0.4 is 4.74 Å². The van der Waals surface area contributed by atoms with Gasteiger partial charge in [-0.25, -0.2) is 0 Å². The second-order valence-corrected chi connectivity index (χ2v) is 3.81. The van der Waals surface area contributed by atoms with E-state index in [-0.39, 0.29) is 57.2 Å². The molecule has 0 saturated heterocycles. The summed E-state index contributed by atoms with van der Waals surface area (Å²) in [5.41, 5.74) is 0.835. The molecule has 0 bridgehead atoms. The Hall–Kier alpha value is -1.19. The molecular weight excluding hydrogens is 329 g/mol. The predicted molar refractivity (Wildman–Crippen MR) is 75.6 cm³/mol. The largest absolute Gasteiger partial charge is 0.507 e. The minimum Gasteiger partial charge on any atom is -0.507 e. The number of benzene rings is 2. The SMILES string of the molecule is CCOc1ccc(C(=O)c2ccccc2)c(O)c1.[CH3-].[Y]. The van der Waals surface area contributed by atoms with Gasteiger partial charge in [0.1, 0.15) is 11.5 Å². The zero-order chi connectivity index (χ0) is 13.0. The average molecular weight is 346 g/mol. The number of hydrogen-bond acceptors (Lipinski definition) is 3. The molecule has 0 amide bonds. The smallest absolute Gasteiger partial charge is 0.196 e. The summed E-state index contributed by atoms with van der Waals surface area (Å²) in [4.78, 5) is 12.1. The van der Waals surface area contributed by atoms with Gasteiger partial charge < -0.3 is 17.3 Å². The fourth-order valence-corrected chi connectivity index (χ4v) is 1.70. The van der Waals surface area contributed by atoms with Gasteiger partial charge in [0.05, 0.1) is 12.2 Å². The van der Waals surface area contributed by atoms with Gasteiger partial charge in [0.15, 0.2) is 5.78 Å². The van der Waals surface area contributed by atoms with E-state index in [1.165, 1.54) is 6.07 Å². The van der Waals surface area contributed by atoms with Crippen LogP contribution in [0, 0.1) is 7.43 Å². The summed E-state index contributed by atoms with van der Waals surface area (Å²) < 4.78 is 5.26. The maximum Gasteiger partial charge on any atom is 0.196 e. The zero-order valence-electron chi connectivity index (χ0n) is 11.7. The number of phenolic OH excluding ortho intramolecular Hbond substituents is 1. The molecule has 2 aromatic carbocycles. The van der Waals surface area contributed by atoms with E-state index >= 15 is 0 Å². The molecule has 2 aromatic rings. The van der Waals surface area contributed by atoms with Crippen LogP contribution in [0.4, 0.5) is 0 Å². The maximum absolute atomic E-state index is 12.1. The Balaban J connectivity index is 0.00000180. The van der Waals surface area contributed by atoms with Crippen LogP contribution in [0.15, 0.2) is 48.5 Å². The van der Waals surface area contributed by atoms with Crippen molar-refractivity contribution < 1.29 is 47.3 Å². The van der Waals surface area contributed by atoms with Gasteiger partial charge in [0, 0.05) is 44.3 Å². The Morgan fingerprint density at radius 3 is 2.35 bits per heavy atom. The normalized spacial score (nSPS) is 9.05. The molecule has 0 unspecified atom stereocenters. The number of aromatic hydroxyl groups is 1. The van der Waals surface area contributed by atoms with Crippen molar-refractivity contribution in [3.63, 3.8) is 0 Å². The third-order valence-electron chi connectivity index (χ3n) is 2.56. The van der Waals surface area contributed by atoms with Crippen LogP contribution in [-0.4, -0.2) is 17.5 Å². The van der Waals surface area contributed by atoms with Crippen molar-refractivity contribution in [1.82, 2.24) is 0 Å². The first kappa shape index (κ1) is 18.8. The van der Waals surface area contributed by atoms with Gasteiger partial charge in [-0.1, -0.05) is 30.3 Å². The van der Waals surface area contributed by atoms with Crippen molar-refractivity contribution in [1.29, 1.82) is 0 Å². The second-order valence-electron chi connectivity index (χ2n) is 3.81. The van der Waals surface area contributed by atoms with E-state index in [9.17, 15) is 9.90 Å². The molecule has 103 valence electrons. The summed E-state index contributed by atoms with van der Waals surface area (Å²) in [5.74, 6) is 0.297. The van der Waals surface area contributed by atoms with Crippen LogP contribution in [0.3, 0.4) is 0 Å². The standard InChI is InChI=1S/C15H14O3.CH3.Y/c1-2-18-12-8-9-13(14(16)10-12)15(17)11-6-4-3-5-7-11;;/h3-10,16H,2H2,1H3;1H3;/q;-1;. The van der Waals surface area contributed by atoms with E-state index < -0.39 is 0 Å². The van der Waals surface area contributed by atoms with E-state index in [1.54, 1.807) is 36.4 Å². The molecule has 0 heterocycles. The van der Waals surface area contributed by atoms with Crippen molar-refractivity contribution in [2.75, 3.05) is 6.61 Å². The molecule has 4 heteroatoms. The van der Waals surface area contributed by atoms with Crippen molar-refractivity contribution in [3.8, 4) is 11.5 Å². The number of phenols is 1. The Bertz CT molecular complexity index is 553. The molecule has 0 aliphatic rings. The van der Waals surface area contributed by atoms with E-state index in [0.29, 0.717) is 17.9 Å². The third-order valence-corrected chi connectivity index (χ3v) is 2.56. The summed E-state index contributed by atoms with van der Waals surface area (Å²) in [7, 11) is 0. The second kappa shape index (κ2) is 8.88. The Labute approximate surface area is 144 Å². The van der Waals surface area contributed by atoms with E-state index in [0.717, 1.165) is 0 Å². The third kappa shape index (κ3) is 4.43. The van der Waals surface area contributed by atoms with Crippen LogP contribution in [0.1, 0.15) is 22.8 Å². The molecular formula is C16H17O3Y-. The van der Waals surface area contributed by atoms with Crippen molar-refractivity contribution >= 4 is 5.78 Å². The molecule has 2 rings (SSSR count). The average Bonchev–Trinajstić information content (AvgIpc) is 2.40. The van der Waals surface area contributed by atoms with Crippen LogP contribution in [-0.2, 0) is 32.7 Å². The molecule has 0 saturated carbocycles. The minimum atomic E-state index is -0.198. The number of hydrogen-bond donors (Lipinski definition) is 1. The first-order valence-electron chi connectivity index (χ1n) is 5.78. The van der Waals surface area contributed by atoms with Gasteiger partial charge in [0.25, 0.3) is 0 Å². The van der Waals surface area contributed by atoms with Gasteiger partial charge in [-0.2, -0.15) is 0 Å². The molecule has 1 radical (unpaired) electrons. The summed E-state index contributed by atoms with van der Waals surface area (Å²) in [6.07, 6.45) is 0. The molecule has 0 atom stereocenters. The van der Waals surface area contributed by atoms with Crippen molar-refractivity contribution in [2.45, 2.75) is 6.92 Å². The Morgan fingerprint density at radius 2 is 1.80 bits per heavy atom. The number of carbonyl (C=O) groups excluding carboxylic acids is 1. The number of ether oxygens (including phenoxy) is 1. The summed E-state index contributed by atoms with van der Waals surface area (Å²) >= 11 is 0. The molecule has 0 aromatic heterocycles. The summed E-state index contributed by atoms with van der Waals surface area (Å²) in [5, 5.41) is 9.85. The molecule has 0 fully saturated rings. The quantitative estimate of drug-likeness (QED) is 0.681. The van der Waals surface area contributed by atoms with Crippen LogP contribution >= 0.6 is 0 Å². The van der Waals surface area contributed by atoms with Gasteiger partial charge in [0.2, 0.25) is 0 Å². The number of rotatable bonds is 4. The zero-order valence-corrected chi connectivity index (χ0v) is 14.5. The first-order valence-corrected chi connectivity index (χ1v) is 5.78. The van der Waals surface area contributed by atoms with E-state index in [1.807, 2.05) is 13.0 Å². The van der Waals surface area contributed by atoms with E-state index in [2.05, 4.69) is 0 Å². The molecule has 1 N–H and O–H groups in total. The van der Waals surface area contributed by atoms with Crippen molar-refractivity contribution in [2.24, 2.45) is 0 Å². The molecule has 0 aliphatic carbocycles. The number of carbonyl (C=O) groups is 1. The van der Waals surface area contributed by atoms with Gasteiger partial charge in [-0.15, -0.1) is 0 Å². The van der Waals surface area contributed by atoms with E-state index in [4.69, 9.17) is 4.74 Å². The monoisotopic (exact) mass is 346 g/mol. The number of ketones is 1. The van der Waals surface area contributed by atoms with Gasteiger partial charge in [-0.05, 0) is 19.1 Å². The molecule has 0 spiro atoms. The fourth-order valence-electron chi connectivity index (χ4n) is 1.70. The predicted octanol–water partition coefficient (Wildman–Crippen LogP) is 3.47. The minimum absolute atomic E-state index is 0.